The molecule has 39 heavy (non-hydrogen) atoms. The number of thioether (sulfide) groups is 1. The Balaban J connectivity index is 1.79. The monoisotopic (exact) mass is 576 g/mol. The summed E-state index contributed by atoms with van der Waals surface area (Å²) in [6, 6.07) is 22.0. The first-order valence-electron chi connectivity index (χ1n) is 12.2. The van der Waals surface area contributed by atoms with Gasteiger partial charge in [-0.3, -0.25) is 9.36 Å². The number of esters is 1. The minimum absolute atomic E-state index is 0.200. The van der Waals surface area contributed by atoms with Crippen molar-refractivity contribution >= 4 is 52.4 Å². The fraction of sp³-hybridized carbons (Fsp3) is 0.167. The smallest absolute Gasteiger partial charge is 0.338 e. The predicted molar refractivity (Wildman–Crippen MR) is 157 cm³/mol. The van der Waals surface area contributed by atoms with Crippen molar-refractivity contribution in [2.75, 3.05) is 20.0 Å². The summed E-state index contributed by atoms with van der Waals surface area (Å²) in [5.74, 6) is 0.0470. The molecular weight excluding hydrogens is 552 g/mol. The van der Waals surface area contributed by atoms with Gasteiger partial charge in [-0.1, -0.05) is 71.5 Å². The average Bonchev–Trinajstić information content (AvgIpc) is 3.27. The van der Waals surface area contributed by atoms with E-state index in [2.05, 4.69) is 0 Å². The van der Waals surface area contributed by atoms with Crippen LogP contribution in [0.1, 0.15) is 29.7 Å². The average molecular weight is 577 g/mol. The number of hydrogen-bond acceptors (Lipinski definition) is 7. The summed E-state index contributed by atoms with van der Waals surface area (Å²) < 4.78 is 12.8. The molecule has 1 aliphatic heterocycles. The van der Waals surface area contributed by atoms with E-state index in [1.54, 1.807) is 48.6 Å². The first-order valence-corrected chi connectivity index (χ1v) is 14.6. The zero-order chi connectivity index (χ0) is 27.5. The van der Waals surface area contributed by atoms with Gasteiger partial charge >= 0.3 is 5.97 Å². The van der Waals surface area contributed by atoms with Crippen LogP contribution in [0.3, 0.4) is 0 Å². The minimum atomic E-state index is -0.715. The van der Waals surface area contributed by atoms with E-state index in [1.165, 1.54) is 11.3 Å². The molecule has 0 fully saturated rings. The zero-order valence-corrected chi connectivity index (χ0v) is 23.9. The number of halogens is 1. The van der Waals surface area contributed by atoms with Gasteiger partial charge in [0, 0.05) is 10.5 Å². The summed E-state index contributed by atoms with van der Waals surface area (Å²) in [5, 5.41) is 0.446. The molecule has 0 spiro atoms. The SMILES string of the molecule is CCOC(=O)C1=C(c2ccccc2)N=c2s/c(=C/c3ccc(OC)c(Cl)c3)c(=O)n2[C@@H]1c1ccc(SC)cc1. The van der Waals surface area contributed by atoms with Crippen LogP contribution >= 0.6 is 34.7 Å². The summed E-state index contributed by atoms with van der Waals surface area (Å²) >= 11 is 9.22. The molecule has 9 heteroatoms. The number of benzene rings is 3. The maximum absolute atomic E-state index is 13.9. The van der Waals surface area contributed by atoms with Crippen molar-refractivity contribution in [3.63, 3.8) is 0 Å². The van der Waals surface area contributed by atoms with E-state index in [9.17, 15) is 9.59 Å². The molecule has 0 N–H and O–H groups in total. The van der Waals surface area contributed by atoms with Crippen LogP contribution in [0, 0.1) is 0 Å². The molecule has 0 amide bonds. The highest BCUT2D eigenvalue weighted by Gasteiger charge is 2.35. The van der Waals surface area contributed by atoms with E-state index in [1.807, 2.05) is 66.9 Å². The van der Waals surface area contributed by atoms with Crippen molar-refractivity contribution in [1.82, 2.24) is 4.57 Å². The lowest BCUT2D eigenvalue weighted by Gasteiger charge is -2.26. The normalized spacial score (nSPS) is 15.1. The number of thiazole rings is 1. The zero-order valence-electron chi connectivity index (χ0n) is 21.5. The molecule has 0 radical (unpaired) electrons. The van der Waals surface area contributed by atoms with Gasteiger partial charge in [0.25, 0.3) is 5.56 Å². The van der Waals surface area contributed by atoms with Crippen molar-refractivity contribution < 1.29 is 14.3 Å². The summed E-state index contributed by atoms with van der Waals surface area (Å²) in [5.41, 5.74) is 2.88. The topological polar surface area (TPSA) is 69.9 Å². The van der Waals surface area contributed by atoms with Crippen LogP contribution in [0.5, 0.6) is 5.75 Å². The van der Waals surface area contributed by atoms with Crippen LogP contribution in [-0.2, 0) is 9.53 Å². The van der Waals surface area contributed by atoms with Crippen LogP contribution in [0.4, 0.5) is 0 Å². The molecule has 1 aromatic heterocycles. The molecule has 2 heterocycles. The number of nitrogens with zero attached hydrogens (tertiary/aromatic N) is 2. The van der Waals surface area contributed by atoms with E-state index in [4.69, 9.17) is 26.1 Å². The molecule has 0 saturated heterocycles. The quantitative estimate of drug-likeness (QED) is 0.220. The standard InChI is InChI=1S/C30H25ClN2O4S2/c1-4-37-29(35)25-26(19-8-6-5-7-9-19)32-30-33(27(25)20-11-13-21(38-3)14-12-20)28(34)24(39-30)17-18-10-15-23(36-2)22(31)16-18/h5-17,27H,4H2,1-3H3/b24-17+/t27-/m1/s1. The second kappa shape index (κ2) is 11.7. The number of fused-ring (bicyclic) bond motifs is 1. The lowest BCUT2D eigenvalue weighted by molar-refractivity contribution is -0.138. The number of rotatable bonds is 7. The molecule has 1 aliphatic rings. The first-order chi connectivity index (χ1) is 18.9. The van der Waals surface area contributed by atoms with E-state index in [0.717, 1.165) is 21.6 Å². The molecule has 0 bridgehead atoms. The van der Waals surface area contributed by atoms with Gasteiger partial charge in [-0.2, -0.15) is 0 Å². The molecule has 1 atom stereocenters. The van der Waals surface area contributed by atoms with Gasteiger partial charge in [0.1, 0.15) is 5.75 Å². The summed E-state index contributed by atoms with van der Waals surface area (Å²) in [7, 11) is 1.55. The van der Waals surface area contributed by atoms with Crippen LogP contribution in [0.15, 0.2) is 93.1 Å². The molecule has 0 aliphatic carbocycles. The van der Waals surface area contributed by atoms with Crippen LogP contribution < -0.4 is 19.6 Å². The lowest BCUT2D eigenvalue weighted by Crippen LogP contribution is -2.40. The largest absolute Gasteiger partial charge is 0.495 e. The Labute approximate surface area is 238 Å². The fourth-order valence-electron chi connectivity index (χ4n) is 4.47. The molecule has 5 rings (SSSR count). The number of aromatic nitrogens is 1. The second-order valence-electron chi connectivity index (χ2n) is 8.60. The number of ether oxygens (including phenoxy) is 2. The van der Waals surface area contributed by atoms with Gasteiger partial charge in [-0.05, 0) is 54.6 Å². The Kier molecular flexibility index (Phi) is 8.07. The van der Waals surface area contributed by atoms with Crippen molar-refractivity contribution in [1.29, 1.82) is 0 Å². The Bertz CT molecular complexity index is 1740. The molecule has 3 aromatic carbocycles. The molecule has 198 valence electrons. The Morgan fingerprint density at radius 3 is 2.51 bits per heavy atom. The van der Waals surface area contributed by atoms with E-state index >= 15 is 0 Å². The fourth-order valence-corrected chi connectivity index (χ4v) is 6.14. The van der Waals surface area contributed by atoms with Crippen molar-refractivity contribution in [2.45, 2.75) is 17.9 Å². The molecule has 0 unspecified atom stereocenters. The van der Waals surface area contributed by atoms with Gasteiger partial charge in [0.15, 0.2) is 4.80 Å². The van der Waals surface area contributed by atoms with Crippen LogP contribution in [0.2, 0.25) is 5.02 Å². The third kappa shape index (κ3) is 5.32. The van der Waals surface area contributed by atoms with E-state index in [0.29, 0.717) is 31.4 Å². The van der Waals surface area contributed by atoms with Crippen LogP contribution in [0.25, 0.3) is 11.8 Å². The number of carbonyl (C=O) groups is 1. The van der Waals surface area contributed by atoms with Crippen molar-refractivity contribution in [2.24, 2.45) is 4.99 Å². The van der Waals surface area contributed by atoms with Crippen molar-refractivity contribution in [3.05, 3.63) is 120 Å². The Hall–Kier alpha value is -3.59. The number of methoxy groups -OCH3 is 1. The third-order valence-electron chi connectivity index (χ3n) is 6.28. The van der Waals surface area contributed by atoms with Gasteiger partial charge in [0.05, 0.1) is 40.6 Å². The van der Waals surface area contributed by atoms with Gasteiger partial charge < -0.3 is 9.47 Å². The van der Waals surface area contributed by atoms with Crippen LogP contribution in [-0.4, -0.2) is 30.5 Å². The lowest BCUT2D eigenvalue weighted by atomic mass is 9.93. The maximum Gasteiger partial charge on any atom is 0.338 e. The third-order valence-corrected chi connectivity index (χ3v) is 8.30. The van der Waals surface area contributed by atoms with E-state index in [-0.39, 0.29) is 12.2 Å². The van der Waals surface area contributed by atoms with Gasteiger partial charge in [-0.15, -0.1) is 11.8 Å². The summed E-state index contributed by atoms with van der Waals surface area (Å²) in [6.07, 6.45) is 3.78. The highest BCUT2D eigenvalue weighted by atomic mass is 35.5. The highest BCUT2D eigenvalue weighted by molar-refractivity contribution is 7.98. The maximum atomic E-state index is 13.9. The molecular formula is C30H25ClN2O4S2. The Morgan fingerprint density at radius 2 is 1.87 bits per heavy atom. The summed E-state index contributed by atoms with van der Waals surface area (Å²) in [6.45, 7) is 1.96. The predicted octanol–water partition coefficient (Wildman–Crippen LogP) is 5.32. The molecule has 6 nitrogen and oxygen atoms in total. The Morgan fingerprint density at radius 1 is 1.13 bits per heavy atom. The minimum Gasteiger partial charge on any atom is -0.495 e. The molecule has 0 saturated carbocycles. The number of carbonyl (C=O) groups excluding carboxylic acids is 1. The summed E-state index contributed by atoms with van der Waals surface area (Å²) in [4.78, 5) is 33.9. The van der Waals surface area contributed by atoms with Gasteiger partial charge in [0.2, 0.25) is 0 Å². The van der Waals surface area contributed by atoms with E-state index < -0.39 is 12.0 Å². The second-order valence-corrected chi connectivity index (χ2v) is 10.9. The number of hydrogen-bond donors (Lipinski definition) is 0. The molecule has 4 aromatic rings. The van der Waals surface area contributed by atoms with Gasteiger partial charge in [-0.25, -0.2) is 9.79 Å². The first kappa shape index (κ1) is 27.0. The highest BCUT2D eigenvalue weighted by Crippen LogP contribution is 2.35. The van der Waals surface area contributed by atoms with Crippen molar-refractivity contribution in [3.8, 4) is 5.75 Å².